The molecular weight excluding hydrogens is 480 g/mol. The highest BCUT2D eigenvalue weighted by molar-refractivity contribution is 6.33. The van der Waals surface area contributed by atoms with Crippen LogP contribution in [-0.2, 0) is 16.1 Å². The molecule has 2 amide bonds. The van der Waals surface area contributed by atoms with Crippen LogP contribution in [0.15, 0.2) is 48.9 Å². The SMILES string of the molecule is CC(=O)NC(CN1Cc2ccc(-c3nc(NC4CCOCC4)ncc3Cl)cc2C1=O)c1cccnc1. The normalized spacial score (nSPS) is 16.5. The molecule has 10 heteroatoms. The van der Waals surface area contributed by atoms with Crippen molar-refractivity contribution >= 4 is 29.4 Å². The number of rotatable bonds is 7. The highest BCUT2D eigenvalue weighted by Crippen LogP contribution is 2.32. The van der Waals surface area contributed by atoms with Crippen molar-refractivity contribution in [2.24, 2.45) is 0 Å². The Hall–Kier alpha value is -3.56. The van der Waals surface area contributed by atoms with Gasteiger partial charge in [0.2, 0.25) is 11.9 Å². The second-order valence-electron chi connectivity index (χ2n) is 9.02. The zero-order chi connectivity index (χ0) is 25.1. The topological polar surface area (TPSA) is 109 Å². The quantitative estimate of drug-likeness (QED) is 0.503. The van der Waals surface area contributed by atoms with E-state index >= 15 is 0 Å². The molecule has 1 atom stereocenters. The highest BCUT2D eigenvalue weighted by Gasteiger charge is 2.30. The molecule has 0 aliphatic carbocycles. The molecule has 2 aliphatic rings. The average Bonchev–Trinajstić information content (AvgIpc) is 3.20. The van der Waals surface area contributed by atoms with Crippen LogP contribution in [0.3, 0.4) is 0 Å². The number of halogens is 1. The van der Waals surface area contributed by atoms with Gasteiger partial charge >= 0.3 is 0 Å². The minimum atomic E-state index is -0.357. The molecule has 0 saturated carbocycles. The van der Waals surface area contributed by atoms with E-state index in [4.69, 9.17) is 16.3 Å². The third kappa shape index (κ3) is 5.32. The van der Waals surface area contributed by atoms with Crippen LogP contribution in [0, 0.1) is 0 Å². The second kappa shape index (κ2) is 10.6. The summed E-state index contributed by atoms with van der Waals surface area (Å²) in [6.07, 6.45) is 6.75. The number of amides is 2. The molecule has 0 radical (unpaired) electrons. The molecule has 1 aromatic carbocycles. The van der Waals surface area contributed by atoms with Gasteiger partial charge in [0, 0.05) is 62.8 Å². The predicted molar refractivity (Wildman–Crippen MR) is 135 cm³/mol. The summed E-state index contributed by atoms with van der Waals surface area (Å²) in [7, 11) is 0. The largest absolute Gasteiger partial charge is 0.381 e. The van der Waals surface area contributed by atoms with E-state index in [9.17, 15) is 9.59 Å². The Labute approximate surface area is 214 Å². The lowest BCUT2D eigenvalue weighted by Gasteiger charge is -2.24. The number of carbonyl (C=O) groups excluding carboxylic acids is 2. The molecule has 1 fully saturated rings. The molecule has 0 bridgehead atoms. The molecule has 5 rings (SSSR count). The van der Waals surface area contributed by atoms with Gasteiger partial charge in [0.25, 0.3) is 5.91 Å². The summed E-state index contributed by atoms with van der Waals surface area (Å²) in [5.74, 6) is 0.236. The summed E-state index contributed by atoms with van der Waals surface area (Å²) < 4.78 is 5.42. The second-order valence-corrected chi connectivity index (χ2v) is 9.43. The van der Waals surface area contributed by atoms with E-state index < -0.39 is 0 Å². The number of pyridine rings is 1. The Balaban J connectivity index is 1.36. The summed E-state index contributed by atoms with van der Waals surface area (Å²) in [5, 5.41) is 6.71. The van der Waals surface area contributed by atoms with Crippen molar-refractivity contribution in [3.63, 3.8) is 0 Å². The Morgan fingerprint density at radius 3 is 2.83 bits per heavy atom. The Morgan fingerprint density at radius 2 is 2.08 bits per heavy atom. The number of carbonyl (C=O) groups is 2. The zero-order valence-electron chi connectivity index (χ0n) is 19.9. The van der Waals surface area contributed by atoms with Crippen molar-refractivity contribution in [3.8, 4) is 11.3 Å². The molecule has 2 aliphatic heterocycles. The number of nitrogens with one attached hydrogen (secondary N) is 2. The minimum Gasteiger partial charge on any atom is -0.381 e. The summed E-state index contributed by atoms with van der Waals surface area (Å²) >= 11 is 6.46. The predicted octanol–water partition coefficient (Wildman–Crippen LogP) is 3.62. The minimum absolute atomic E-state index is 0.100. The molecule has 0 spiro atoms. The maximum absolute atomic E-state index is 13.4. The Bertz CT molecular complexity index is 1270. The lowest BCUT2D eigenvalue weighted by Crippen LogP contribution is -2.37. The van der Waals surface area contributed by atoms with E-state index in [0.717, 1.165) is 29.5 Å². The van der Waals surface area contributed by atoms with Crippen molar-refractivity contribution in [1.29, 1.82) is 0 Å². The van der Waals surface area contributed by atoms with E-state index in [1.165, 1.54) is 6.92 Å². The van der Waals surface area contributed by atoms with Crippen LogP contribution in [0.5, 0.6) is 0 Å². The van der Waals surface area contributed by atoms with Crippen LogP contribution >= 0.6 is 11.6 Å². The van der Waals surface area contributed by atoms with Crippen LogP contribution in [0.25, 0.3) is 11.3 Å². The number of aromatic nitrogens is 3. The van der Waals surface area contributed by atoms with Crippen molar-refractivity contribution < 1.29 is 14.3 Å². The fourth-order valence-electron chi connectivity index (χ4n) is 4.60. The molecular formula is C26H27ClN6O3. The van der Waals surface area contributed by atoms with Crippen molar-refractivity contribution in [2.45, 2.75) is 38.4 Å². The first-order valence-electron chi connectivity index (χ1n) is 11.9. The highest BCUT2D eigenvalue weighted by atomic mass is 35.5. The van der Waals surface area contributed by atoms with Gasteiger partial charge in [0.15, 0.2) is 0 Å². The van der Waals surface area contributed by atoms with Gasteiger partial charge in [-0.05, 0) is 36.1 Å². The molecule has 3 aromatic rings. The first-order chi connectivity index (χ1) is 17.5. The zero-order valence-corrected chi connectivity index (χ0v) is 20.7. The fraction of sp³-hybridized carbons (Fsp3) is 0.346. The van der Waals surface area contributed by atoms with Gasteiger partial charge in [0.1, 0.15) is 0 Å². The van der Waals surface area contributed by atoms with Crippen molar-refractivity contribution in [1.82, 2.24) is 25.2 Å². The number of fused-ring (bicyclic) bond motifs is 1. The van der Waals surface area contributed by atoms with E-state index in [-0.39, 0.29) is 23.9 Å². The summed E-state index contributed by atoms with van der Waals surface area (Å²) in [6, 6.07) is 9.29. The van der Waals surface area contributed by atoms with E-state index in [2.05, 4.69) is 25.6 Å². The van der Waals surface area contributed by atoms with Crippen LogP contribution < -0.4 is 10.6 Å². The van der Waals surface area contributed by atoms with E-state index in [0.29, 0.717) is 48.5 Å². The number of nitrogens with zero attached hydrogens (tertiary/aromatic N) is 4. The first-order valence-corrected chi connectivity index (χ1v) is 12.3. The number of hydrogen-bond acceptors (Lipinski definition) is 7. The molecule has 2 N–H and O–H groups in total. The number of hydrogen-bond donors (Lipinski definition) is 2. The Morgan fingerprint density at radius 1 is 1.25 bits per heavy atom. The average molecular weight is 507 g/mol. The molecule has 2 aromatic heterocycles. The monoisotopic (exact) mass is 506 g/mol. The smallest absolute Gasteiger partial charge is 0.254 e. The van der Waals surface area contributed by atoms with Gasteiger partial charge in [-0.1, -0.05) is 29.8 Å². The molecule has 9 nitrogen and oxygen atoms in total. The number of benzene rings is 1. The lowest BCUT2D eigenvalue weighted by atomic mass is 10.0. The third-order valence-electron chi connectivity index (χ3n) is 6.43. The van der Waals surface area contributed by atoms with Crippen molar-refractivity contribution in [3.05, 3.63) is 70.6 Å². The third-order valence-corrected chi connectivity index (χ3v) is 6.70. The van der Waals surface area contributed by atoms with Crippen LogP contribution in [0.1, 0.15) is 47.3 Å². The summed E-state index contributed by atoms with van der Waals surface area (Å²) in [4.78, 5) is 40.0. The van der Waals surface area contributed by atoms with Crippen LogP contribution in [-0.4, -0.2) is 57.5 Å². The molecule has 1 saturated heterocycles. The van der Waals surface area contributed by atoms with E-state index in [1.807, 2.05) is 30.3 Å². The molecule has 36 heavy (non-hydrogen) atoms. The lowest BCUT2D eigenvalue weighted by molar-refractivity contribution is -0.119. The molecule has 4 heterocycles. The molecule has 1 unspecified atom stereocenters. The van der Waals surface area contributed by atoms with E-state index in [1.54, 1.807) is 23.5 Å². The number of ether oxygens (including phenoxy) is 1. The van der Waals surface area contributed by atoms with Gasteiger partial charge in [-0.25, -0.2) is 9.97 Å². The van der Waals surface area contributed by atoms with Gasteiger partial charge in [0.05, 0.1) is 23.0 Å². The number of anilines is 1. The Kier molecular flexibility index (Phi) is 7.11. The maximum Gasteiger partial charge on any atom is 0.254 e. The summed E-state index contributed by atoms with van der Waals surface area (Å²) in [5.41, 5.74) is 3.68. The van der Waals surface area contributed by atoms with Gasteiger partial charge < -0.3 is 20.3 Å². The van der Waals surface area contributed by atoms with Crippen LogP contribution in [0.4, 0.5) is 5.95 Å². The standard InChI is InChI=1S/C26H27ClN6O3/c1-16(34)30-23(18-3-2-8-28-12-18)15-33-14-19-5-4-17(11-21(19)25(33)35)24-22(27)13-29-26(32-24)31-20-6-9-36-10-7-20/h2-5,8,11-13,20,23H,6-7,9-10,14-15H2,1H3,(H,30,34)(H,29,31,32). The van der Waals surface area contributed by atoms with Crippen molar-refractivity contribution in [2.75, 3.05) is 25.1 Å². The summed E-state index contributed by atoms with van der Waals surface area (Å²) in [6.45, 7) is 3.68. The van der Waals surface area contributed by atoms with Gasteiger partial charge in [-0.3, -0.25) is 14.6 Å². The van der Waals surface area contributed by atoms with Gasteiger partial charge in [-0.2, -0.15) is 0 Å². The molecule has 186 valence electrons. The van der Waals surface area contributed by atoms with Gasteiger partial charge in [-0.15, -0.1) is 0 Å². The fourth-order valence-corrected chi connectivity index (χ4v) is 4.80. The maximum atomic E-state index is 13.4. The van der Waals surface area contributed by atoms with Crippen LogP contribution in [0.2, 0.25) is 5.02 Å². The first kappa shape index (κ1) is 24.1.